The van der Waals surface area contributed by atoms with Crippen molar-refractivity contribution in [3.8, 4) is 5.75 Å². The number of amides is 1. The Morgan fingerprint density at radius 1 is 0.971 bits per heavy atom. The number of nitrogens with one attached hydrogen (secondary N) is 1. The lowest BCUT2D eigenvalue weighted by Gasteiger charge is -2.10. The highest BCUT2D eigenvalue weighted by atomic mass is 35.5. The fourth-order valence-electron chi connectivity index (χ4n) is 3.63. The summed E-state index contributed by atoms with van der Waals surface area (Å²) in [6.07, 6.45) is 0. The van der Waals surface area contributed by atoms with Crippen LogP contribution >= 0.6 is 23.2 Å². The Hall–Kier alpha value is -3.28. The van der Waals surface area contributed by atoms with E-state index in [-0.39, 0.29) is 5.91 Å². The SMILES string of the molecule is Cc1cc(OCc2ccc(C(=O)Nc3c(C)nn(Cc4ccccc4Cl)c3C)cc2)ccc1Cl. The first-order valence-corrected chi connectivity index (χ1v) is 11.6. The summed E-state index contributed by atoms with van der Waals surface area (Å²) in [5, 5.41) is 9.00. The first-order chi connectivity index (χ1) is 16.3. The molecule has 0 saturated carbocycles. The molecule has 0 aliphatic heterocycles. The van der Waals surface area contributed by atoms with Crippen molar-refractivity contribution in [3.05, 3.63) is 110 Å². The number of benzene rings is 3. The van der Waals surface area contributed by atoms with Gasteiger partial charge in [-0.1, -0.05) is 53.5 Å². The van der Waals surface area contributed by atoms with Crippen LogP contribution in [0.15, 0.2) is 66.7 Å². The molecule has 0 saturated heterocycles. The minimum absolute atomic E-state index is 0.190. The molecule has 5 nitrogen and oxygen atoms in total. The Bertz CT molecular complexity index is 1330. The van der Waals surface area contributed by atoms with Crippen LogP contribution in [0.4, 0.5) is 5.69 Å². The van der Waals surface area contributed by atoms with Crippen LogP contribution in [0.25, 0.3) is 0 Å². The molecule has 4 rings (SSSR count). The summed E-state index contributed by atoms with van der Waals surface area (Å²) in [6, 6.07) is 20.6. The Balaban J connectivity index is 1.41. The third kappa shape index (κ3) is 5.44. The van der Waals surface area contributed by atoms with Crippen LogP contribution in [0.1, 0.15) is 38.4 Å². The normalized spacial score (nSPS) is 10.9. The van der Waals surface area contributed by atoms with E-state index in [1.165, 1.54) is 0 Å². The molecule has 0 bridgehead atoms. The average Bonchev–Trinajstić information content (AvgIpc) is 3.09. The third-order valence-corrected chi connectivity index (χ3v) is 6.44. The molecule has 0 fully saturated rings. The molecule has 1 N–H and O–H groups in total. The quantitative estimate of drug-likeness (QED) is 0.301. The number of aryl methyl sites for hydroxylation is 2. The zero-order valence-electron chi connectivity index (χ0n) is 19.2. The van der Waals surface area contributed by atoms with Gasteiger partial charge in [0.15, 0.2) is 0 Å². The molecule has 1 heterocycles. The molecule has 0 spiro atoms. The van der Waals surface area contributed by atoms with Gasteiger partial charge in [-0.25, -0.2) is 0 Å². The van der Waals surface area contributed by atoms with E-state index in [2.05, 4.69) is 10.4 Å². The molecular formula is C27H25Cl2N3O2. The number of hydrogen-bond donors (Lipinski definition) is 1. The maximum absolute atomic E-state index is 12.9. The first-order valence-electron chi connectivity index (χ1n) is 10.9. The number of nitrogens with zero attached hydrogens (tertiary/aromatic N) is 2. The fourth-order valence-corrected chi connectivity index (χ4v) is 3.94. The van der Waals surface area contributed by atoms with Gasteiger partial charge < -0.3 is 10.1 Å². The molecule has 0 unspecified atom stereocenters. The fraction of sp³-hybridized carbons (Fsp3) is 0.185. The van der Waals surface area contributed by atoms with E-state index in [0.717, 1.165) is 33.8 Å². The molecule has 0 radical (unpaired) electrons. The number of halogens is 2. The number of hydrogen-bond acceptors (Lipinski definition) is 3. The summed E-state index contributed by atoms with van der Waals surface area (Å²) in [7, 11) is 0. The van der Waals surface area contributed by atoms with E-state index in [1.807, 2.05) is 80.1 Å². The van der Waals surface area contributed by atoms with Gasteiger partial charge in [0.25, 0.3) is 5.91 Å². The second-order valence-electron chi connectivity index (χ2n) is 8.15. The van der Waals surface area contributed by atoms with Crippen LogP contribution in [0.5, 0.6) is 5.75 Å². The van der Waals surface area contributed by atoms with E-state index in [1.54, 1.807) is 12.1 Å². The largest absolute Gasteiger partial charge is 0.489 e. The van der Waals surface area contributed by atoms with Gasteiger partial charge in [0.2, 0.25) is 0 Å². The lowest BCUT2D eigenvalue weighted by atomic mass is 10.1. The molecule has 1 aromatic heterocycles. The molecule has 1 amide bonds. The number of anilines is 1. The van der Waals surface area contributed by atoms with Crippen molar-refractivity contribution in [2.24, 2.45) is 0 Å². The van der Waals surface area contributed by atoms with Crippen molar-refractivity contribution in [3.63, 3.8) is 0 Å². The van der Waals surface area contributed by atoms with Crippen molar-refractivity contribution in [2.45, 2.75) is 33.9 Å². The third-order valence-electron chi connectivity index (χ3n) is 5.65. The average molecular weight is 494 g/mol. The molecule has 34 heavy (non-hydrogen) atoms. The summed E-state index contributed by atoms with van der Waals surface area (Å²) in [4.78, 5) is 12.9. The van der Waals surface area contributed by atoms with Crippen LogP contribution in [0.2, 0.25) is 10.0 Å². The van der Waals surface area contributed by atoms with Crippen molar-refractivity contribution in [1.29, 1.82) is 0 Å². The van der Waals surface area contributed by atoms with Gasteiger partial charge in [-0.15, -0.1) is 0 Å². The summed E-state index contributed by atoms with van der Waals surface area (Å²) in [5.74, 6) is 0.563. The summed E-state index contributed by atoms with van der Waals surface area (Å²) in [6.45, 7) is 6.68. The van der Waals surface area contributed by atoms with Gasteiger partial charge in [-0.2, -0.15) is 5.10 Å². The standard InChI is InChI=1S/C27H25Cl2N3O2/c1-17-14-23(12-13-24(17)28)34-16-20-8-10-21(11-9-20)27(33)30-26-18(2)31-32(19(26)3)15-22-6-4-5-7-25(22)29/h4-14H,15-16H2,1-3H3,(H,30,33). The van der Waals surface area contributed by atoms with Crippen LogP contribution in [0.3, 0.4) is 0 Å². The van der Waals surface area contributed by atoms with Gasteiger partial charge in [0, 0.05) is 15.6 Å². The zero-order valence-corrected chi connectivity index (χ0v) is 20.7. The number of rotatable bonds is 7. The molecule has 4 aromatic rings. The van der Waals surface area contributed by atoms with Crippen molar-refractivity contribution in [2.75, 3.05) is 5.32 Å². The number of ether oxygens (including phenoxy) is 1. The molecule has 3 aromatic carbocycles. The highest BCUT2D eigenvalue weighted by Crippen LogP contribution is 2.24. The van der Waals surface area contributed by atoms with Crippen molar-refractivity contribution < 1.29 is 9.53 Å². The minimum Gasteiger partial charge on any atom is -0.489 e. The van der Waals surface area contributed by atoms with E-state index >= 15 is 0 Å². The smallest absolute Gasteiger partial charge is 0.255 e. The summed E-state index contributed by atoms with van der Waals surface area (Å²) >= 11 is 12.4. The van der Waals surface area contributed by atoms with Crippen LogP contribution in [-0.4, -0.2) is 15.7 Å². The van der Waals surface area contributed by atoms with Crippen LogP contribution in [0, 0.1) is 20.8 Å². The lowest BCUT2D eigenvalue weighted by molar-refractivity contribution is 0.102. The maximum atomic E-state index is 12.9. The highest BCUT2D eigenvalue weighted by molar-refractivity contribution is 6.31. The number of carbonyl (C=O) groups is 1. The van der Waals surface area contributed by atoms with E-state index < -0.39 is 0 Å². The second-order valence-corrected chi connectivity index (χ2v) is 8.96. The lowest BCUT2D eigenvalue weighted by Crippen LogP contribution is -2.13. The Labute approximate surface area is 209 Å². The maximum Gasteiger partial charge on any atom is 0.255 e. The molecule has 0 aliphatic carbocycles. The molecule has 174 valence electrons. The van der Waals surface area contributed by atoms with E-state index in [4.69, 9.17) is 27.9 Å². The van der Waals surface area contributed by atoms with Gasteiger partial charge in [0.05, 0.1) is 23.6 Å². The second kappa shape index (κ2) is 10.3. The zero-order chi connectivity index (χ0) is 24.2. The predicted molar refractivity (Wildman–Crippen MR) is 137 cm³/mol. The van der Waals surface area contributed by atoms with Crippen molar-refractivity contribution >= 4 is 34.8 Å². The van der Waals surface area contributed by atoms with Gasteiger partial charge in [-0.05, 0) is 73.9 Å². The van der Waals surface area contributed by atoms with Crippen LogP contribution in [-0.2, 0) is 13.2 Å². The predicted octanol–water partition coefficient (Wildman–Crippen LogP) is 6.99. The summed E-state index contributed by atoms with van der Waals surface area (Å²) in [5.41, 5.74) is 5.79. The van der Waals surface area contributed by atoms with E-state index in [0.29, 0.717) is 34.4 Å². The monoisotopic (exact) mass is 493 g/mol. The molecule has 7 heteroatoms. The van der Waals surface area contributed by atoms with Gasteiger partial charge in [0.1, 0.15) is 12.4 Å². The van der Waals surface area contributed by atoms with Crippen molar-refractivity contribution in [1.82, 2.24) is 9.78 Å². The number of carbonyl (C=O) groups excluding carboxylic acids is 1. The Morgan fingerprint density at radius 3 is 2.41 bits per heavy atom. The minimum atomic E-state index is -0.190. The summed E-state index contributed by atoms with van der Waals surface area (Å²) < 4.78 is 7.69. The van der Waals surface area contributed by atoms with Gasteiger partial charge in [-0.3, -0.25) is 9.48 Å². The topological polar surface area (TPSA) is 56.1 Å². The number of aromatic nitrogens is 2. The highest BCUT2D eigenvalue weighted by Gasteiger charge is 2.16. The molecular weight excluding hydrogens is 469 g/mol. The molecule has 0 aliphatic rings. The Kier molecular flexibility index (Phi) is 7.25. The van der Waals surface area contributed by atoms with E-state index in [9.17, 15) is 4.79 Å². The van der Waals surface area contributed by atoms with Gasteiger partial charge >= 0.3 is 0 Å². The Morgan fingerprint density at radius 2 is 1.71 bits per heavy atom. The van der Waals surface area contributed by atoms with Crippen LogP contribution < -0.4 is 10.1 Å². The molecule has 0 atom stereocenters. The first kappa shape index (κ1) is 23.9.